The molecule has 0 fully saturated rings. The maximum Gasteiger partial charge on any atom is 0.124 e. The first kappa shape index (κ1) is 13.1. The van der Waals surface area contributed by atoms with Crippen molar-refractivity contribution in [1.29, 1.82) is 0 Å². The molecule has 2 rings (SSSR count). The van der Waals surface area contributed by atoms with Crippen molar-refractivity contribution in [3.05, 3.63) is 46.4 Å². The molecule has 0 aliphatic carbocycles. The Morgan fingerprint density at radius 3 is 2.83 bits per heavy atom. The largest absolute Gasteiger partial charge is 0.491 e. The summed E-state index contributed by atoms with van der Waals surface area (Å²) >= 11 is 1.62. The van der Waals surface area contributed by atoms with Gasteiger partial charge in [0.05, 0.1) is 17.3 Å². The summed E-state index contributed by atoms with van der Waals surface area (Å²) in [7, 11) is 0. The second-order valence-electron chi connectivity index (χ2n) is 4.36. The Morgan fingerprint density at radius 2 is 2.11 bits per heavy atom. The fraction of sp³-hybridized carbons (Fsp3) is 0.357. The van der Waals surface area contributed by atoms with Crippen LogP contribution in [0, 0.1) is 0 Å². The number of nitrogens with one attached hydrogen (secondary N) is 1. The number of rotatable bonds is 6. The van der Waals surface area contributed by atoms with Gasteiger partial charge in [0.1, 0.15) is 5.75 Å². The van der Waals surface area contributed by atoms with Gasteiger partial charge in [0.15, 0.2) is 0 Å². The third-order valence-electron chi connectivity index (χ3n) is 2.44. The third kappa shape index (κ3) is 3.82. The number of nitrogens with zero attached hydrogens (tertiary/aromatic N) is 1. The second-order valence-corrected chi connectivity index (χ2v) is 5.08. The maximum absolute atomic E-state index is 5.78. The zero-order chi connectivity index (χ0) is 12.8. The minimum atomic E-state index is 0.199. The summed E-state index contributed by atoms with van der Waals surface area (Å²) in [6.07, 6.45) is 0.199. The van der Waals surface area contributed by atoms with Gasteiger partial charge in [0, 0.05) is 24.0 Å². The fourth-order valence-electron chi connectivity index (χ4n) is 1.67. The van der Waals surface area contributed by atoms with Crippen molar-refractivity contribution in [3.63, 3.8) is 0 Å². The molecule has 0 bridgehead atoms. The molecule has 1 aromatic heterocycles. The number of thiazole rings is 1. The van der Waals surface area contributed by atoms with Crippen molar-refractivity contribution >= 4 is 11.3 Å². The Morgan fingerprint density at radius 1 is 1.28 bits per heavy atom. The van der Waals surface area contributed by atoms with Crippen LogP contribution in [-0.2, 0) is 13.1 Å². The van der Waals surface area contributed by atoms with E-state index in [-0.39, 0.29) is 6.10 Å². The number of ether oxygens (including phenoxy) is 1. The van der Waals surface area contributed by atoms with Crippen molar-refractivity contribution in [2.45, 2.75) is 33.0 Å². The highest BCUT2D eigenvalue weighted by molar-refractivity contribution is 7.07. The Bertz CT molecular complexity index is 468. The van der Waals surface area contributed by atoms with E-state index >= 15 is 0 Å². The number of hydrogen-bond donors (Lipinski definition) is 1. The molecule has 3 nitrogen and oxygen atoms in total. The molecule has 2 aromatic rings. The molecule has 18 heavy (non-hydrogen) atoms. The van der Waals surface area contributed by atoms with Crippen LogP contribution in [0.15, 0.2) is 35.2 Å². The summed E-state index contributed by atoms with van der Waals surface area (Å²) in [5.41, 5.74) is 4.12. The minimum Gasteiger partial charge on any atom is -0.491 e. The van der Waals surface area contributed by atoms with Gasteiger partial charge in [0.25, 0.3) is 0 Å². The summed E-state index contributed by atoms with van der Waals surface area (Å²) in [6.45, 7) is 5.67. The predicted molar refractivity (Wildman–Crippen MR) is 74.9 cm³/mol. The SMILES string of the molecule is CC(C)Oc1ccccc1CNCc1cscn1. The van der Waals surface area contributed by atoms with Crippen LogP contribution in [0.2, 0.25) is 0 Å². The first-order chi connectivity index (χ1) is 8.75. The van der Waals surface area contributed by atoms with E-state index in [1.807, 2.05) is 37.6 Å². The van der Waals surface area contributed by atoms with Gasteiger partial charge in [-0.2, -0.15) is 0 Å². The normalized spacial score (nSPS) is 10.8. The quantitative estimate of drug-likeness (QED) is 0.868. The van der Waals surface area contributed by atoms with Gasteiger partial charge >= 0.3 is 0 Å². The number of aromatic nitrogens is 1. The van der Waals surface area contributed by atoms with E-state index in [0.29, 0.717) is 0 Å². The molecule has 1 N–H and O–H groups in total. The smallest absolute Gasteiger partial charge is 0.124 e. The first-order valence-electron chi connectivity index (χ1n) is 6.08. The monoisotopic (exact) mass is 262 g/mol. The van der Waals surface area contributed by atoms with Gasteiger partial charge < -0.3 is 10.1 Å². The summed E-state index contributed by atoms with van der Waals surface area (Å²) in [4.78, 5) is 4.24. The van der Waals surface area contributed by atoms with E-state index in [0.717, 1.165) is 24.5 Å². The highest BCUT2D eigenvalue weighted by atomic mass is 32.1. The van der Waals surface area contributed by atoms with E-state index in [4.69, 9.17) is 4.74 Å². The maximum atomic E-state index is 5.78. The summed E-state index contributed by atoms with van der Waals surface area (Å²) in [5.74, 6) is 0.957. The molecule has 4 heteroatoms. The molecule has 0 amide bonds. The van der Waals surface area contributed by atoms with E-state index in [9.17, 15) is 0 Å². The Labute approximate surface area is 112 Å². The zero-order valence-corrected chi connectivity index (χ0v) is 11.5. The molecule has 0 radical (unpaired) electrons. The van der Waals surface area contributed by atoms with Crippen LogP contribution in [0.1, 0.15) is 25.1 Å². The second kappa shape index (κ2) is 6.52. The van der Waals surface area contributed by atoms with Crippen LogP contribution >= 0.6 is 11.3 Å². The Balaban J connectivity index is 1.92. The molecule has 1 heterocycles. The van der Waals surface area contributed by atoms with Crippen molar-refractivity contribution in [2.75, 3.05) is 0 Å². The number of benzene rings is 1. The highest BCUT2D eigenvalue weighted by Crippen LogP contribution is 2.19. The number of hydrogen-bond acceptors (Lipinski definition) is 4. The van der Waals surface area contributed by atoms with Crippen LogP contribution in [0.3, 0.4) is 0 Å². The molecule has 0 unspecified atom stereocenters. The fourth-order valence-corrected chi connectivity index (χ4v) is 2.23. The average molecular weight is 262 g/mol. The Hall–Kier alpha value is -1.39. The highest BCUT2D eigenvalue weighted by Gasteiger charge is 2.04. The Kier molecular flexibility index (Phi) is 4.73. The summed E-state index contributed by atoms with van der Waals surface area (Å²) in [5, 5.41) is 5.44. The molecule has 96 valence electrons. The lowest BCUT2D eigenvalue weighted by molar-refractivity contribution is 0.239. The van der Waals surface area contributed by atoms with Crippen LogP contribution < -0.4 is 10.1 Å². The molecule has 0 aliphatic heterocycles. The van der Waals surface area contributed by atoms with Crippen LogP contribution in [-0.4, -0.2) is 11.1 Å². The van der Waals surface area contributed by atoms with Crippen LogP contribution in [0.5, 0.6) is 5.75 Å². The van der Waals surface area contributed by atoms with E-state index in [1.165, 1.54) is 5.56 Å². The molecule has 0 spiro atoms. The number of para-hydroxylation sites is 1. The molecule has 0 saturated heterocycles. The van der Waals surface area contributed by atoms with Gasteiger partial charge in [-0.05, 0) is 19.9 Å². The first-order valence-corrected chi connectivity index (χ1v) is 7.02. The van der Waals surface area contributed by atoms with Crippen molar-refractivity contribution in [1.82, 2.24) is 10.3 Å². The van der Waals surface area contributed by atoms with Gasteiger partial charge in [-0.15, -0.1) is 11.3 Å². The van der Waals surface area contributed by atoms with Crippen molar-refractivity contribution in [2.24, 2.45) is 0 Å². The standard InChI is InChI=1S/C14H18N2OS/c1-11(2)17-14-6-4-3-5-12(14)7-15-8-13-9-18-10-16-13/h3-6,9-11,15H,7-8H2,1-2H3. The lowest BCUT2D eigenvalue weighted by Crippen LogP contribution is -2.15. The third-order valence-corrected chi connectivity index (χ3v) is 3.08. The van der Waals surface area contributed by atoms with Crippen LogP contribution in [0.4, 0.5) is 0 Å². The van der Waals surface area contributed by atoms with Crippen molar-refractivity contribution < 1.29 is 4.74 Å². The summed E-state index contributed by atoms with van der Waals surface area (Å²) < 4.78 is 5.78. The topological polar surface area (TPSA) is 34.1 Å². The molecule has 1 aromatic carbocycles. The van der Waals surface area contributed by atoms with Gasteiger partial charge in [-0.3, -0.25) is 0 Å². The van der Waals surface area contributed by atoms with E-state index in [2.05, 4.69) is 21.7 Å². The molecular formula is C14H18N2OS. The van der Waals surface area contributed by atoms with Gasteiger partial charge in [0.2, 0.25) is 0 Å². The lowest BCUT2D eigenvalue weighted by atomic mass is 10.2. The molecular weight excluding hydrogens is 244 g/mol. The zero-order valence-electron chi connectivity index (χ0n) is 10.7. The molecule has 0 saturated carbocycles. The van der Waals surface area contributed by atoms with Gasteiger partial charge in [-0.25, -0.2) is 4.98 Å². The van der Waals surface area contributed by atoms with Crippen molar-refractivity contribution in [3.8, 4) is 5.75 Å². The predicted octanol–water partition coefficient (Wildman–Crippen LogP) is 3.22. The van der Waals surface area contributed by atoms with E-state index in [1.54, 1.807) is 11.3 Å². The average Bonchev–Trinajstić information content (AvgIpc) is 2.84. The van der Waals surface area contributed by atoms with E-state index < -0.39 is 0 Å². The molecule has 0 atom stereocenters. The lowest BCUT2D eigenvalue weighted by Gasteiger charge is -2.14. The van der Waals surface area contributed by atoms with Gasteiger partial charge in [-0.1, -0.05) is 18.2 Å². The minimum absolute atomic E-state index is 0.199. The van der Waals surface area contributed by atoms with Crippen LogP contribution in [0.25, 0.3) is 0 Å². The molecule has 0 aliphatic rings. The summed E-state index contributed by atoms with van der Waals surface area (Å²) in [6, 6.07) is 8.14.